The summed E-state index contributed by atoms with van der Waals surface area (Å²) in [5.74, 6) is 2.98. The molecule has 2 aromatic carbocycles. The van der Waals surface area contributed by atoms with Gasteiger partial charge >= 0.3 is 0 Å². The first-order valence-corrected chi connectivity index (χ1v) is 8.46. The van der Waals surface area contributed by atoms with Gasteiger partial charge in [0.1, 0.15) is 11.3 Å². The molecule has 0 aliphatic carbocycles. The molecule has 0 saturated carbocycles. The molecule has 1 amide bonds. The Labute approximate surface area is 149 Å². The number of amides is 1. The number of fused-ring (bicyclic) bond motifs is 1. The van der Waals surface area contributed by atoms with Crippen LogP contribution in [0.1, 0.15) is 5.56 Å². The summed E-state index contributed by atoms with van der Waals surface area (Å²) in [6, 6.07) is 15.3. The summed E-state index contributed by atoms with van der Waals surface area (Å²) in [6.07, 6.45) is 8.69. The number of hydrogen-bond donors (Lipinski definition) is 0. The van der Waals surface area contributed by atoms with E-state index in [1.165, 1.54) is 17.4 Å². The fourth-order valence-corrected chi connectivity index (χ4v) is 3.50. The summed E-state index contributed by atoms with van der Waals surface area (Å²) in [5, 5.41) is 0. The smallest absolute Gasteiger partial charge is 0.272 e. The molecule has 0 aliphatic rings. The zero-order valence-corrected chi connectivity index (χ0v) is 14.5. The molecule has 0 fully saturated rings. The van der Waals surface area contributed by atoms with Crippen LogP contribution in [0.3, 0.4) is 0 Å². The average molecular weight is 348 g/mol. The predicted octanol–water partition coefficient (Wildman–Crippen LogP) is 3.49. The lowest BCUT2D eigenvalue weighted by molar-refractivity contribution is -0.113. The number of ether oxygens (including phenoxy) is 1. The lowest BCUT2D eigenvalue weighted by atomic mass is 10.2. The standard InChI is InChI=1S/C20H16N2O2S/c1-3-14-22-19-16(24-2)10-7-11-17(19)25-20(22)21-18(23)13-12-15-8-5-4-6-9-15/h1,4-13H,14H2,2H3/b13-12+,21-20?. The molecule has 1 aromatic heterocycles. The van der Waals surface area contributed by atoms with Crippen LogP contribution in [-0.2, 0) is 11.3 Å². The van der Waals surface area contributed by atoms with E-state index in [9.17, 15) is 4.79 Å². The number of nitrogens with zero attached hydrogens (tertiary/aromatic N) is 2. The topological polar surface area (TPSA) is 43.6 Å². The van der Waals surface area contributed by atoms with Crippen LogP contribution < -0.4 is 9.54 Å². The third kappa shape index (κ3) is 3.70. The van der Waals surface area contributed by atoms with Gasteiger partial charge in [0.2, 0.25) is 0 Å². The van der Waals surface area contributed by atoms with Gasteiger partial charge < -0.3 is 9.30 Å². The molecule has 0 radical (unpaired) electrons. The van der Waals surface area contributed by atoms with Crippen LogP contribution in [0.15, 0.2) is 59.6 Å². The molecule has 5 heteroatoms. The minimum atomic E-state index is -0.333. The number of thiazole rings is 1. The Morgan fingerprint density at radius 1 is 1.28 bits per heavy atom. The number of terminal acetylenes is 1. The second kappa shape index (κ2) is 7.65. The van der Waals surface area contributed by atoms with Crippen LogP contribution in [-0.4, -0.2) is 17.6 Å². The molecule has 0 aliphatic heterocycles. The third-order valence-electron chi connectivity index (χ3n) is 3.56. The number of para-hydroxylation sites is 1. The van der Waals surface area contributed by atoms with Crippen LogP contribution in [0.4, 0.5) is 0 Å². The number of hydrogen-bond acceptors (Lipinski definition) is 3. The Balaban J connectivity index is 2.04. The lowest BCUT2D eigenvalue weighted by Gasteiger charge is -2.05. The Kier molecular flexibility index (Phi) is 5.12. The molecule has 0 saturated heterocycles. The van der Waals surface area contributed by atoms with Crippen molar-refractivity contribution < 1.29 is 9.53 Å². The number of carbonyl (C=O) groups excluding carboxylic acids is 1. The number of methoxy groups -OCH3 is 1. The number of rotatable bonds is 4. The van der Waals surface area contributed by atoms with Crippen molar-refractivity contribution in [3.8, 4) is 18.1 Å². The molecule has 0 spiro atoms. The van der Waals surface area contributed by atoms with Crippen molar-refractivity contribution in [1.29, 1.82) is 0 Å². The Morgan fingerprint density at radius 2 is 2.08 bits per heavy atom. The molecule has 0 bridgehead atoms. The van der Waals surface area contributed by atoms with Crippen molar-refractivity contribution in [2.24, 2.45) is 4.99 Å². The van der Waals surface area contributed by atoms with E-state index in [2.05, 4.69) is 10.9 Å². The van der Waals surface area contributed by atoms with Gasteiger partial charge in [-0.25, -0.2) is 0 Å². The second-order valence-electron chi connectivity index (χ2n) is 5.18. The van der Waals surface area contributed by atoms with Gasteiger partial charge in [0, 0.05) is 6.08 Å². The lowest BCUT2D eigenvalue weighted by Crippen LogP contribution is -2.16. The van der Waals surface area contributed by atoms with Crippen molar-refractivity contribution >= 4 is 33.5 Å². The zero-order chi connectivity index (χ0) is 17.6. The van der Waals surface area contributed by atoms with Crippen LogP contribution in [0.2, 0.25) is 0 Å². The Hall–Kier alpha value is -3.10. The SMILES string of the molecule is C#CCn1c(=NC(=O)/C=C/c2ccccc2)sc2cccc(OC)c21. The Morgan fingerprint density at radius 3 is 2.80 bits per heavy atom. The Bertz CT molecular complexity index is 1040. The quantitative estimate of drug-likeness (QED) is 0.535. The number of benzene rings is 2. The van der Waals surface area contributed by atoms with Crippen molar-refractivity contribution in [2.75, 3.05) is 7.11 Å². The number of carbonyl (C=O) groups is 1. The van der Waals surface area contributed by atoms with Crippen molar-refractivity contribution in [3.63, 3.8) is 0 Å². The molecule has 0 atom stereocenters. The van der Waals surface area contributed by atoms with Gasteiger partial charge in [-0.2, -0.15) is 4.99 Å². The van der Waals surface area contributed by atoms with Gasteiger partial charge in [-0.15, -0.1) is 6.42 Å². The summed E-state index contributed by atoms with van der Waals surface area (Å²) in [6.45, 7) is 0.314. The second-order valence-corrected chi connectivity index (χ2v) is 6.19. The highest BCUT2D eigenvalue weighted by Gasteiger charge is 2.11. The van der Waals surface area contributed by atoms with Gasteiger partial charge in [-0.05, 0) is 23.8 Å². The molecule has 25 heavy (non-hydrogen) atoms. The van der Waals surface area contributed by atoms with Crippen LogP contribution >= 0.6 is 11.3 Å². The van der Waals surface area contributed by atoms with E-state index in [1.807, 2.05) is 53.1 Å². The summed E-state index contributed by atoms with van der Waals surface area (Å²) in [5.41, 5.74) is 1.80. The van der Waals surface area contributed by atoms with Crippen molar-refractivity contribution in [1.82, 2.24) is 4.57 Å². The van der Waals surface area contributed by atoms with Gasteiger partial charge in [0.15, 0.2) is 4.80 Å². The van der Waals surface area contributed by atoms with E-state index in [0.29, 0.717) is 17.1 Å². The minimum absolute atomic E-state index is 0.314. The van der Waals surface area contributed by atoms with Crippen LogP contribution in [0.25, 0.3) is 16.3 Å². The fourth-order valence-electron chi connectivity index (χ4n) is 2.45. The van der Waals surface area contributed by atoms with Gasteiger partial charge in [0.25, 0.3) is 5.91 Å². The van der Waals surface area contributed by atoms with E-state index in [4.69, 9.17) is 11.2 Å². The zero-order valence-electron chi connectivity index (χ0n) is 13.7. The third-order valence-corrected chi connectivity index (χ3v) is 4.60. The average Bonchev–Trinajstić information content (AvgIpc) is 2.98. The molecule has 0 unspecified atom stereocenters. The molecule has 0 N–H and O–H groups in total. The van der Waals surface area contributed by atoms with E-state index in [1.54, 1.807) is 13.2 Å². The maximum Gasteiger partial charge on any atom is 0.272 e. The highest BCUT2D eigenvalue weighted by atomic mass is 32.1. The van der Waals surface area contributed by atoms with E-state index in [-0.39, 0.29) is 5.91 Å². The summed E-state index contributed by atoms with van der Waals surface area (Å²) in [4.78, 5) is 17.0. The van der Waals surface area contributed by atoms with Gasteiger partial charge in [0.05, 0.1) is 18.4 Å². The highest BCUT2D eigenvalue weighted by Crippen LogP contribution is 2.27. The monoisotopic (exact) mass is 348 g/mol. The van der Waals surface area contributed by atoms with E-state index in [0.717, 1.165) is 15.8 Å². The maximum atomic E-state index is 12.2. The molecule has 3 aromatic rings. The van der Waals surface area contributed by atoms with Gasteiger partial charge in [-0.1, -0.05) is 53.7 Å². The van der Waals surface area contributed by atoms with Crippen LogP contribution in [0.5, 0.6) is 5.75 Å². The first kappa shape index (κ1) is 16.7. The molecule has 3 rings (SSSR count). The van der Waals surface area contributed by atoms with Crippen molar-refractivity contribution in [2.45, 2.75) is 6.54 Å². The normalized spacial score (nSPS) is 11.8. The molecule has 1 heterocycles. The fraction of sp³-hybridized carbons (Fsp3) is 0.100. The van der Waals surface area contributed by atoms with E-state index >= 15 is 0 Å². The van der Waals surface area contributed by atoms with Crippen LogP contribution in [0, 0.1) is 12.3 Å². The molecular formula is C20H16N2O2S. The minimum Gasteiger partial charge on any atom is -0.495 e. The van der Waals surface area contributed by atoms with Gasteiger partial charge in [-0.3, -0.25) is 4.79 Å². The number of aromatic nitrogens is 1. The van der Waals surface area contributed by atoms with Crippen molar-refractivity contribution in [3.05, 3.63) is 65.0 Å². The predicted molar refractivity (Wildman–Crippen MR) is 101 cm³/mol. The van der Waals surface area contributed by atoms with E-state index < -0.39 is 0 Å². The first-order valence-electron chi connectivity index (χ1n) is 7.64. The summed E-state index contributed by atoms with van der Waals surface area (Å²) in [7, 11) is 1.61. The summed E-state index contributed by atoms with van der Waals surface area (Å²) >= 11 is 1.41. The first-order chi connectivity index (χ1) is 12.2. The largest absolute Gasteiger partial charge is 0.495 e. The highest BCUT2D eigenvalue weighted by molar-refractivity contribution is 7.16. The molecule has 4 nitrogen and oxygen atoms in total. The molecular weight excluding hydrogens is 332 g/mol. The maximum absolute atomic E-state index is 12.2. The summed E-state index contributed by atoms with van der Waals surface area (Å²) < 4.78 is 8.21. The molecule has 124 valence electrons.